The van der Waals surface area contributed by atoms with Crippen molar-refractivity contribution in [1.82, 2.24) is 5.43 Å². The highest BCUT2D eigenvalue weighted by Crippen LogP contribution is 2.28. The van der Waals surface area contributed by atoms with Gasteiger partial charge in [-0.15, -0.1) is 0 Å². The minimum Gasteiger partial charge on any atom is -0.497 e. The molecular formula is C24H29N3O4S. The first-order chi connectivity index (χ1) is 15.2. The minimum absolute atomic E-state index is 0.00935. The summed E-state index contributed by atoms with van der Waals surface area (Å²) in [5.74, 6) is 0.674. The van der Waals surface area contributed by atoms with Crippen LogP contribution in [0.1, 0.15) is 50.4 Å². The molecule has 1 saturated carbocycles. The maximum Gasteiger partial charge on any atom is 0.271 e. The molecule has 0 aromatic heterocycles. The van der Waals surface area contributed by atoms with Gasteiger partial charge in [0.1, 0.15) is 5.75 Å². The topological polar surface area (TPSA) is 96.9 Å². The number of carbonyl (C=O) groups is 1. The number of hydrogen-bond donors (Lipinski definition) is 2. The number of hydrazone groups is 1. The van der Waals surface area contributed by atoms with Crippen molar-refractivity contribution in [3.63, 3.8) is 0 Å². The largest absolute Gasteiger partial charge is 0.497 e. The standard InChI is InChI=1S/C24H29N3O4S/c1-16(2)22-13-8-17(3)14-23(22)25-26-24(28)18-6-5-7-21(15-18)32(29,30)27-19-9-11-20(31-4)12-10-19/h5-7,9-12,15,17,27H,8,13-14H2,1-4H3,(H,26,28)/b25-23+. The number of methoxy groups -OCH3 is 1. The fourth-order valence-electron chi connectivity index (χ4n) is 3.60. The first-order valence-corrected chi connectivity index (χ1v) is 12.0. The van der Waals surface area contributed by atoms with E-state index in [2.05, 4.69) is 22.2 Å². The van der Waals surface area contributed by atoms with Gasteiger partial charge in [-0.2, -0.15) is 5.10 Å². The highest BCUT2D eigenvalue weighted by molar-refractivity contribution is 7.92. The zero-order valence-electron chi connectivity index (χ0n) is 18.8. The monoisotopic (exact) mass is 455 g/mol. The maximum absolute atomic E-state index is 12.8. The fraction of sp³-hybridized carbons (Fsp3) is 0.333. The van der Waals surface area contributed by atoms with E-state index in [0.29, 0.717) is 17.4 Å². The summed E-state index contributed by atoms with van der Waals surface area (Å²) < 4.78 is 33.2. The van der Waals surface area contributed by atoms with E-state index in [9.17, 15) is 13.2 Å². The summed E-state index contributed by atoms with van der Waals surface area (Å²) in [4.78, 5) is 12.7. The number of anilines is 1. The second kappa shape index (κ2) is 9.99. The van der Waals surface area contributed by atoms with Crippen LogP contribution in [-0.2, 0) is 10.0 Å². The number of benzene rings is 2. The molecule has 0 radical (unpaired) electrons. The molecule has 1 atom stereocenters. The number of rotatable bonds is 6. The van der Waals surface area contributed by atoms with Gasteiger partial charge in [0.05, 0.1) is 17.7 Å². The quantitative estimate of drug-likeness (QED) is 0.615. The van der Waals surface area contributed by atoms with Crippen molar-refractivity contribution in [3.8, 4) is 5.75 Å². The Morgan fingerprint density at radius 2 is 1.84 bits per heavy atom. The van der Waals surface area contributed by atoms with Crippen LogP contribution in [0, 0.1) is 5.92 Å². The van der Waals surface area contributed by atoms with Crippen molar-refractivity contribution in [2.75, 3.05) is 11.8 Å². The smallest absolute Gasteiger partial charge is 0.271 e. The second-order valence-corrected chi connectivity index (χ2v) is 9.87. The number of ether oxygens (including phenoxy) is 1. The zero-order valence-corrected chi connectivity index (χ0v) is 19.6. The molecule has 1 amide bonds. The van der Waals surface area contributed by atoms with Crippen LogP contribution < -0.4 is 14.9 Å². The van der Waals surface area contributed by atoms with Gasteiger partial charge < -0.3 is 4.74 Å². The summed E-state index contributed by atoms with van der Waals surface area (Å²) in [5, 5.41) is 4.37. The predicted molar refractivity (Wildman–Crippen MR) is 127 cm³/mol. The van der Waals surface area contributed by atoms with Crippen molar-refractivity contribution < 1.29 is 17.9 Å². The summed E-state index contributed by atoms with van der Waals surface area (Å²) in [5.41, 5.74) is 6.49. The van der Waals surface area contributed by atoms with E-state index >= 15 is 0 Å². The molecule has 32 heavy (non-hydrogen) atoms. The molecule has 8 heteroatoms. The zero-order chi connectivity index (χ0) is 23.3. The molecule has 1 fully saturated rings. The minimum atomic E-state index is -3.87. The lowest BCUT2D eigenvalue weighted by atomic mass is 9.83. The lowest BCUT2D eigenvalue weighted by Crippen LogP contribution is -2.24. The van der Waals surface area contributed by atoms with Gasteiger partial charge in [-0.3, -0.25) is 9.52 Å². The van der Waals surface area contributed by atoms with Crippen molar-refractivity contribution in [2.45, 2.75) is 44.9 Å². The molecule has 0 aliphatic heterocycles. The maximum atomic E-state index is 12.8. The molecule has 1 aliphatic carbocycles. The number of amides is 1. The molecule has 0 spiro atoms. The van der Waals surface area contributed by atoms with Crippen molar-refractivity contribution in [1.29, 1.82) is 0 Å². The first kappa shape index (κ1) is 23.5. The van der Waals surface area contributed by atoms with Gasteiger partial charge in [0.15, 0.2) is 0 Å². The van der Waals surface area contributed by atoms with Crippen LogP contribution in [0.4, 0.5) is 5.69 Å². The summed E-state index contributed by atoms with van der Waals surface area (Å²) in [7, 11) is -2.33. The highest BCUT2D eigenvalue weighted by Gasteiger charge is 2.21. The van der Waals surface area contributed by atoms with Crippen LogP contribution in [0.5, 0.6) is 5.75 Å². The van der Waals surface area contributed by atoms with E-state index in [1.807, 2.05) is 13.8 Å². The SMILES string of the molecule is COc1ccc(NS(=O)(=O)c2cccc(C(=O)N/N=C3\CC(C)CCC3=C(C)C)c2)cc1. The van der Waals surface area contributed by atoms with Crippen LogP contribution in [0.3, 0.4) is 0 Å². The van der Waals surface area contributed by atoms with Crippen LogP contribution >= 0.6 is 0 Å². The van der Waals surface area contributed by atoms with E-state index in [1.165, 1.54) is 36.5 Å². The Kier molecular flexibility index (Phi) is 7.35. The molecule has 170 valence electrons. The molecule has 1 unspecified atom stereocenters. The van der Waals surface area contributed by atoms with E-state index in [4.69, 9.17) is 4.74 Å². The third kappa shape index (κ3) is 5.76. The second-order valence-electron chi connectivity index (χ2n) is 8.19. The van der Waals surface area contributed by atoms with Crippen molar-refractivity contribution in [3.05, 3.63) is 65.2 Å². The third-order valence-corrected chi connectivity index (χ3v) is 6.80. The molecule has 1 aliphatic rings. The normalized spacial score (nSPS) is 17.7. The number of sulfonamides is 1. The Morgan fingerprint density at radius 1 is 1.12 bits per heavy atom. The van der Waals surface area contributed by atoms with Crippen molar-refractivity contribution >= 4 is 27.3 Å². The Bertz CT molecular complexity index is 1150. The Hall–Kier alpha value is -3.13. The van der Waals surface area contributed by atoms with E-state index in [-0.39, 0.29) is 10.5 Å². The van der Waals surface area contributed by atoms with Crippen LogP contribution in [0.25, 0.3) is 0 Å². The summed E-state index contributed by atoms with van der Waals surface area (Å²) in [6.45, 7) is 6.27. The molecule has 7 nitrogen and oxygen atoms in total. The van der Waals surface area contributed by atoms with E-state index in [0.717, 1.165) is 25.0 Å². The molecule has 2 N–H and O–H groups in total. The Labute approximate surface area is 189 Å². The van der Waals surface area contributed by atoms with Gasteiger partial charge in [0.2, 0.25) is 0 Å². The lowest BCUT2D eigenvalue weighted by molar-refractivity contribution is 0.0954. The van der Waals surface area contributed by atoms with E-state index in [1.54, 1.807) is 30.3 Å². The lowest BCUT2D eigenvalue weighted by Gasteiger charge is -2.23. The number of allylic oxidation sites excluding steroid dienone is 2. The average Bonchev–Trinajstić information content (AvgIpc) is 2.77. The molecule has 0 bridgehead atoms. The van der Waals surface area contributed by atoms with Gasteiger partial charge in [-0.05, 0) is 87.1 Å². The molecule has 3 rings (SSSR count). The molecule has 0 heterocycles. The molecular weight excluding hydrogens is 426 g/mol. The predicted octanol–water partition coefficient (Wildman–Crippen LogP) is 4.74. The number of nitrogens with zero attached hydrogens (tertiary/aromatic N) is 1. The molecule has 0 saturated heterocycles. The Morgan fingerprint density at radius 3 is 2.50 bits per heavy atom. The highest BCUT2D eigenvalue weighted by atomic mass is 32.2. The van der Waals surface area contributed by atoms with E-state index < -0.39 is 15.9 Å². The fourth-order valence-corrected chi connectivity index (χ4v) is 4.71. The van der Waals surface area contributed by atoms with Gasteiger partial charge in [-0.25, -0.2) is 13.8 Å². The van der Waals surface area contributed by atoms with Gasteiger partial charge in [0.25, 0.3) is 15.9 Å². The number of carbonyl (C=O) groups excluding carboxylic acids is 1. The Balaban J connectivity index is 1.77. The summed E-state index contributed by atoms with van der Waals surface area (Å²) in [6.07, 6.45) is 2.86. The molecule has 2 aromatic carbocycles. The van der Waals surface area contributed by atoms with Crippen LogP contribution in [0.2, 0.25) is 0 Å². The summed E-state index contributed by atoms with van der Waals surface area (Å²) in [6, 6.07) is 12.4. The summed E-state index contributed by atoms with van der Waals surface area (Å²) >= 11 is 0. The van der Waals surface area contributed by atoms with Gasteiger partial charge in [-0.1, -0.05) is 18.6 Å². The van der Waals surface area contributed by atoms with Crippen LogP contribution in [-0.4, -0.2) is 27.1 Å². The first-order valence-electron chi connectivity index (χ1n) is 10.5. The van der Waals surface area contributed by atoms with Gasteiger partial charge >= 0.3 is 0 Å². The van der Waals surface area contributed by atoms with Crippen LogP contribution in [0.15, 0.2) is 69.7 Å². The third-order valence-electron chi connectivity index (χ3n) is 5.42. The van der Waals surface area contributed by atoms with Gasteiger partial charge in [0, 0.05) is 11.3 Å². The molecule has 2 aromatic rings. The number of hydrogen-bond acceptors (Lipinski definition) is 5. The van der Waals surface area contributed by atoms with Crippen molar-refractivity contribution in [2.24, 2.45) is 11.0 Å². The average molecular weight is 456 g/mol. The number of nitrogens with one attached hydrogen (secondary N) is 2.